The van der Waals surface area contributed by atoms with Gasteiger partial charge in [0.25, 0.3) is 0 Å². The van der Waals surface area contributed by atoms with E-state index < -0.39 is 0 Å². The van der Waals surface area contributed by atoms with Crippen molar-refractivity contribution in [3.63, 3.8) is 0 Å². The number of fused-ring (bicyclic) bond motifs is 1. The smallest absolute Gasteiger partial charge is 0.188 e. The number of aryl methyl sites for hydroxylation is 1. The number of hydrogen-bond acceptors (Lipinski definition) is 2. The predicted octanol–water partition coefficient (Wildman–Crippen LogP) is 3.35. The summed E-state index contributed by atoms with van der Waals surface area (Å²) in [6.07, 6.45) is 9.98. The molecule has 3 N–H and O–H groups in total. The number of guanidine groups is 1. The molecule has 1 fully saturated rings. The molecule has 0 spiro atoms. The summed E-state index contributed by atoms with van der Waals surface area (Å²) in [5.74, 6) is 2.06. The van der Waals surface area contributed by atoms with Crippen molar-refractivity contribution < 1.29 is 4.74 Å². The van der Waals surface area contributed by atoms with E-state index in [1.807, 2.05) is 0 Å². The van der Waals surface area contributed by atoms with E-state index in [0.29, 0.717) is 17.9 Å². The second kappa shape index (κ2) is 7.71. The predicted molar refractivity (Wildman–Crippen MR) is 95.2 cm³/mol. The lowest BCUT2D eigenvalue weighted by Crippen LogP contribution is -2.41. The molecule has 1 atom stereocenters. The number of nitrogens with zero attached hydrogens (tertiary/aromatic N) is 1. The first-order valence-corrected chi connectivity index (χ1v) is 8.99. The van der Waals surface area contributed by atoms with Gasteiger partial charge in [-0.1, -0.05) is 25.3 Å². The van der Waals surface area contributed by atoms with Crippen LogP contribution in [-0.2, 0) is 6.42 Å². The minimum Gasteiger partial charge on any atom is -0.497 e. The fraction of sp³-hybridized carbons (Fsp3) is 0.632. The molecule has 1 aromatic carbocycles. The first kappa shape index (κ1) is 16.2. The summed E-state index contributed by atoms with van der Waals surface area (Å²) in [4.78, 5) is 4.64. The summed E-state index contributed by atoms with van der Waals surface area (Å²) in [5.41, 5.74) is 8.94. The van der Waals surface area contributed by atoms with E-state index >= 15 is 0 Å². The minimum absolute atomic E-state index is 0.483. The summed E-state index contributed by atoms with van der Waals surface area (Å²) < 4.78 is 5.34. The minimum atomic E-state index is 0.483. The van der Waals surface area contributed by atoms with Crippen LogP contribution in [0.2, 0.25) is 0 Å². The Kier molecular flexibility index (Phi) is 5.42. The lowest BCUT2D eigenvalue weighted by molar-refractivity contribution is 0.411. The van der Waals surface area contributed by atoms with Crippen molar-refractivity contribution in [1.82, 2.24) is 5.32 Å². The Labute approximate surface area is 139 Å². The monoisotopic (exact) mass is 315 g/mol. The Bertz CT molecular complexity index is 550. The Balaban J connectivity index is 1.61. The van der Waals surface area contributed by atoms with Crippen LogP contribution in [-0.4, -0.2) is 25.7 Å². The third-order valence-electron chi connectivity index (χ3n) is 5.23. The van der Waals surface area contributed by atoms with Crippen LogP contribution < -0.4 is 15.8 Å². The summed E-state index contributed by atoms with van der Waals surface area (Å²) in [7, 11) is 1.73. The van der Waals surface area contributed by atoms with Crippen LogP contribution in [0.25, 0.3) is 0 Å². The van der Waals surface area contributed by atoms with Crippen LogP contribution in [0.15, 0.2) is 23.2 Å². The van der Waals surface area contributed by atoms with Crippen molar-refractivity contribution in [1.29, 1.82) is 0 Å². The summed E-state index contributed by atoms with van der Waals surface area (Å²) >= 11 is 0. The number of hydrogen-bond donors (Lipinski definition) is 2. The van der Waals surface area contributed by atoms with Crippen LogP contribution in [0.3, 0.4) is 0 Å². The van der Waals surface area contributed by atoms with Crippen molar-refractivity contribution in [2.45, 2.75) is 63.3 Å². The molecular formula is C19H29N3O. The molecule has 4 nitrogen and oxygen atoms in total. The van der Waals surface area contributed by atoms with Crippen LogP contribution in [0.4, 0.5) is 0 Å². The van der Waals surface area contributed by atoms with Gasteiger partial charge in [-0.3, -0.25) is 4.99 Å². The Morgan fingerprint density at radius 3 is 2.83 bits per heavy atom. The molecule has 0 bridgehead atoms. The number of aliphatic imine (C=N–C) groups is 1. The zero-order chi connectivity index (χ0) is 16.1. The Hall–Kier alpha value is -1.71. The van der Waals surface area contributed by atoms with Gasteiger partial charge in [-0.15, -0.1) is 0 Å². The van der Waals surface area contributed by atoms with Gasteiger partial charge in [-0.05, 0) is 55.4 Å². The van der Waals surface area contributed by atoms with E-state index in [1.165, 1.54) is 56.1 Å². The number of rotatable bonds is 4. The fourth-order valence-electron chi connectivity index (χ4n) is 3.92. The van der Waals surface area contributed by atoms with Crippen LogP contribution >= 0.6 is 0 Å². The van der Waals surface area contributed by atoms with E-state index in [2.05, 4.69) is 28.5 Å². The van der Waals surface area contributed by atoms with Crippen LogP contribution in [0.5, 0.6) is 5.75 Å². The highest BCUT2D eigenvalue weighted by atomic mass is 16.5. The molecule has 4 heteroatoms. The molecule has 0 heterocycles. The molecule has 1 aromatic rings. The number of ether oxygens (including phenoxy) is 1. The maximum absolute atomic E-state index is 6.11. The molecule has 126 valence electrons. The van der Waals surface area contributed by atoms with Gasteiger partial charge in [0.05, 0.1) is 7.11 Å². The summed E-state index contributed by atoms with van der Waals surface area (Å²) in [6, 6.07) is 6.97. The molecule has 2 aliphatic rings. The zero-order valence-electron chi connectivity index (χ0n) is 14.2. The normalized spacial score (nSPS) is 22.5. The molecule has 0 saturated heterocycles. The second-order valence-corrected chi connectivity index (χ2v) is 6.86. The number of nitrogens with two attached hydrogens (primary N) is 1. The van der Waals surface area contributed by atoms with Gasteiger partial charge in [-0.25, -0.2) is 0 Å². The number of nitrogens with one attached hydrogen (secondary N) is 1. The van der Waals surface area contributed by atoms with Gasteiger partial charge in [0.15, 0.2) is 5.96 Å². The SMILES string of the molecule is COc1ccc2c(c1)CCCC2CN=C(N)NC1CCCCC1. The van der Waals surface area contributed by atoms with E-state index in [-0.39, 0.29) is 0 Å². The lowest BCUT2D eigenvalue weighted by atomic mass is 9.83. The van der Waals surface area contributed by atoms with Crippen molar-refractivity contribution in [2.75, 3.05) is 13.7 Å². The first-order valence-electron chi connectivity index (χ1n) is 8.99. The molecule has 0 aliphatic heterocycles. The zero-order valence-corrected chi connectivity index (χ0v) is 14.2. The molecule has 2 aliphatic carbocycles. The maximum Gasteiger partial charge on any atom is 0.188 e. The Morgan fingerprint density at radius 1 is 1.22 bits per heavy atom. The molecule has 1 unspecified atom stereocenters. The molecule has 0 amide bonds. The third-order valence-corrected chi connectivity index (χ3v) is 5.23. The summed E-state index contributed by atoms with van der Waals surface area (Å²) in [6.45, 7) is 0.783. The average molecular weight is 315 g/mol. The van der Waals surface area contributed by atoms with Crippen molar-refractivity contribution in [3.05, 3.63) is 29.3 Å². The van der Waals surface area contributed by atoms with Gasteiger partial charge in [0.1, 0.15) is 5.75 Å². The first-order chi connectivity index (χ1) is 11.3. The van der Waals surface area contributed by atoms with Crippen molar-refractivity contribution >= 4 is 5.96 Å². The second-order valence-electron chi connectivity index (χ2n) is 6.86. The number of methoxy groups -OCH3 is 1. The van der Waals surface area contributed by atoms with Gasteiger partial charge >= 0.3 is 0 Å². The molecule has 0 radical (unpaired) electrons. The van der Waals surface area contributed by atoms with Gasteiger partial charge < -0.3 is 15.8 Å². The van der Waals surface area contributed by atoms with Crippen LogP contribution in [0.1, 0.15) is 62.0 Å². The molecule has 23 heavy (non-hydrogen) atoms. The highest BCUT2D eigenvalue weighted by Gasteiger charge is 2.21. The van der Waals surface area contributed by atoms with E-state index in [4.69, 9.17) is 10.5 Å². The summed E-state index contributed by atoms with van der Waals surface area (Å²) in [5, 5.41) is 3.41. The van der Waals surface area contributed by atoms with Crippen LogP contribution in [0, 0.1) is 0 Å². The fourth-order valence-corrected chi connectivity index (χ4v) is 3.92. The average Bonchev–Trinajstić information content (AvgIpc) is 2.60. The van der Waals surface area contributed by atoms with Crippen molar-refractivity contribution in [2.24, 2.45) is 10.7 Å². The topological polar surface area (TPSA) is 59.6 Å². The van der Waals surface area contributed by atoms with E-state index in [9.17, 15) is 0 Å². The molecular weight excluding hydrogens is 286 g/mol. The Morgan fingerprint density at radius 2 is 2.04 bits per heavy atom. The van der Waals surface area contributed by atoms with Gasteiger partial charge in [0, 0.05) is 18.5 Å². The molecule has 0 aromatic heterocycles. The quantitative estimate of drug-likeness (QED) is 0.661. The number of benzene rings is 1. The third kappa shape index (κ3) is 4.18. The highest BCUT2D eigenvalue weighted by Crippen LogP contribution is 2.33. The van der Waals surface area contributed by atoms with Gasteiger partial charge in [0.2, 0.25) is 0 Å². The van der Waals surface area contributed by atoms with E-state index in [0.717, 1.165) is 18.7 Å². The maximum atomic E-state index is 6.11. The largest absolute Gasteiger partial charge is 0.497 e. The molecule has 3 rings (SSSR count). The standard InChI is InChI=1S/C19H29N3O/c1-23-17-10-11-18-14(12-17)6-5-7-15(18)13-21-19(20)22-16-8-3-2-4-9-16/h10-12,15-16H,2-9,13H2,1H3,(H3,20,21,22). The molecule has 1 saturated carbocycles. The van der Waals surface area contributed by atoms with Crippen molar-refractivity contribution in [3.8, 4) is 5.75 Å². The van der Waals surface area contributed by atoms with E-state index in [1.54, 1.807) is 7.11 Å². The highest BCUT2D eigenvalue weighted by molar-refractivity contribution is 5.78. The lowest BCUT2D eigenvalue weighted by Gasteiger charge is -2.26. The van der Waals surface area contributed by atoms with Gasteiger partial charge in [-0.2, -0.15) is 0 Å².